The molecule has 0 heterocycles. The number of hydrogen-bond acceptors (Lipinski definition) is 2. The van der Waals surface area contributed by atoms with Crippen molar-refractivity contribution in [1.82, 2.24) is 0 Å². The van der Waals surface area contributed by atoms with Crippen LogP contribution in [-0.2, 0) is 4.79 Å². The highest BCUT2D eigenvalue weighted by Gasteiger charge is 1.88. The van der Waals surface area contributed by atoms with Gasteiger partial charge in [-0.25, -0.2) is 4.79 Å². The van der Waals surface area contributed by atoms with Gasteiger partial charge >= 0.3 is 5.97 Å². The normalized spacial score (nSPS) is 8.33. The van der Waals surface area contributed by atoms with E-state index < -0.39 is 5.97 Å². The second-order valence-electron chi connectivity index (χ2n) is 2.18. The molecule has 0 atom stereocenters. The molecule has 1 aromatic rings. The highest BCUT2D eigenvalue weighted by Crippen LogP contribution is 2.04. The molecule has 0 aromatic heterocycles. The number of hydrogen-bond donors (Lipinski definition) is 2. The van der Waals surface area contributed by atoms with Crippen molar-refractivity contribution in [3.63, 3.8) is 0 Å². The molecular weight excluding hydrogens is 154 g/mol. The summed E-state index contributed by atoms with van der Waals surface area (Å²) in [7, 11) is 0. The van der Waals surface area contributed by atoms with E-state index in [1.165, 1.54) is 0 Å². The van der Waals surface area contributed by atoms with Gasteiger partial charge in [-0.3, -0.25) is 0 Å². The maximum absolute atomic E-state index is 10.1. The second-order valence-corrected chi connectivity index (χ2v) is 2.18. The predicted octanol–water partition coefficient (Wildman–Crippen LogP) is 0.705. The van der Waals surface area contributed by atoms with Crippen molar-refractivity contribution in [1.29, 1.82) is 0 Å². The van der Waals surface area contributed by atoms with Crippen LogP contribution in [0, 0.1) is 11.8 Å². The van der Waals surface area contributed by atoms with Gasteiger partial charge in [0.25, 0.3) is 0 Å². The fraction of sp³-hybridized carbons (Fsp3) is 0. The van der Waals surface area contributed by atoms with E-state index in [1.807, 2.05) is 5.92 Å². The van der Waals surface area contributed by atoms with Gasteiger partial charge < -0.3 is 10.8 Å². The maximum atomic E-state index is 10.1. The van der Waals surface area contributed by atoms with Crippen molar-refractivity contribution in [2.45, 2.75) is 0 Å². The number of nitrogens with two attached hydrogens (primary N) is 1. The van der Waals surface area contributed by atoms with Gasteiger partial charge in [0.2, 0.25) is 0 Å². The van der Waals surface area contributed by atoms with Crippen LogP contribution in [0.4, 0.5) is 5.69 Å². The molecule has 0 radical (unpaired) electrons. The summed E-state index contributed by atoms with van der Waals surface area (Å²) < 4.78 is 0. The third-order valence-electron chi connectivity index (χ3n) is 1.20. The number of carboxylic acid groups (broad SMARTS) is 1. The molecule has 0 saturated carbocycles. The summed E-state index contributed by atoms with van der Waals surface area (Å²) in [5, 5.41) is 8.24. The molecule has 0 bridgehead atoms. The SMILES string of the molecule is Nc1cccc(C#CC(=O)O)c1. The van der Waals surface area contributed by atoms with Crippen LogP contribution in [0.15, 0.2) is 24.3 Å². The Morgan fingerprint density at radius 2 is 2.25 bits per heavy atom. The zero-order chi connectivity index (χ0) is 8.97. The van der Waals surface area contributed by atoms with Gasteiger partial charge in [0, 0.05) is 17.2 Å². The summed E-state index contributed by atoms with van der Waals surface area (Å²) in [6.07, 6.45) is 0. The minimum atomic E-state index is -1.14. The largest absolute Gasteiger partial charge is 0.472 e. The fourth-order valence-corrected chi connectivity index (χ4v) is 0.742. The Morgan fingerprint density at radius 3 is 2.83 bits per heavy atom. The van der Waals surface area contributed by atoms with Crippen LogP contribution >= 0.6 is 0 Å². The average molecular weight is 161 g/mol. The van der Waals surface area contributed by atoms with Gasteiger partial charge in [-0.05, 0) is 18.2 Å². The Balaban J connectivity index is 2.92. The van der Waals surface area contributed by atoms with E-state index in [0.29, 0.717) is 11.3 Å². The monoisotopic (exact) mass is 161 g/mol. The first-order valence-corrected chi connectivity index (χ1v) is 3.29. The fourth-order valence-electron chi connectivity index (χ4n) is 0.742. The van der Waals surface area contributed by atoms with E-state index in [1.54, 1.807) is 24.3 Å². The Morgan fingerprint density at radius 1 is 1.50 bits per heavy atom. The van der Waals surface area contributed by atoms with E-state index in [2.05, 4.69) is 5.92 Å². The van der Waals surface area contributed by atoms with Gasteiger partial charge in [-0.15, -0.1) is 0 Å². The lowest BCUT2D eigenvalue weighted by Gasteiger charge is -1.91. The first-order chi connectivity index (χ1) is 5.68. The van der Waals surface area contributed by atoms with Crippen molar-refractivity contribution in [3.05, 3.63) is 29.8 Å². The summed E-state index contributed by atoms with van der Waals surface area (Å²) in [6, 6.07) is 6.76. The highest BCUT2D eigenvalue weighted by atomic mass is 16.4. The Kier molecular flexibility index (Phi) is 2.34. The predicted molar refractivity (Wildman–Crippen MR) is 45.4 cm³/mol. The molecule has 0 aliphatic heterocycles. The van der Waals surface area contributed by atoms with Crippen molar-refractivity contribution in [3.8, 4) is 11.8 Å². The molecule has 60 valence electrons. The molecule has 0 saturated heterocycles. The average Bonchev–Trinajstić information content (AvgIpc) is 2.01. The Labute approximate surface area is 69.8 Å². The van der Waals surface area contributed by atoms with Gasteiger partial charge in [-0.2, -0.15) is 0 Å². The van der Waals surface area contributed by atoms with Crippen LogP contribution in [0.3, 0.4) is 0 Å². The number of carbonyl (C=O) groups is 1. The van der Waals surface area contributed by atoms with Crippen molar-refractivity contribution in [2.75, 3.05) is 5.73 Å². The minimum Gasteiger partial charge on any atom is -0.472 e. The van der Waals surface area contributed by atoms with E-state index in [-0.39, 0.29) is 0 Å². The molecule has 1 rings (SSSR count). The summed E-state index contributed by atoms with van der Waals surface area (Å²) in [5.41, 5.74) is 6.63. The van der Waals surface area contributed by atoms with Gasteiger partial charge in [0.15, 0.2) is 0 Å². The molecule has 0 aliphatic carbocycles. The summed E-state index contributed by atoms with van der Waals surface area (Å²) >= 11 is 0. The molecule has 0 fully saturated rings. The van der Waals surface area contributed by atoms with E-state index >= 15 is 0 Å². The molecule has 0 aliphatic rings. The third-order valence-corrected chi connectivity index (χ3v) is 1.20. The lowest BCUT2D eigenvalue weighted by molar-refractivity contribution is -0.130. The molecule has 0 spiro atoms. The summed E-state index contributed by atoms with van der Waals surface area (Å²) in [4.78, 5) is 10.1. The molecule has 3 N–H and O–H groups in total. The van der Waals surface area contributed by atoms with Crippen molar-refractivity contribution in [2.24, 2.45) is 0 Å². The van der Waals surface area contributed by atoms with E-state index in [9.17, 15) is 4.79 Å². The molecule has 12 heavy (non-hydrogen) atoms. The Hall–Kier alpha value is -1.95. The van der Waals surface area contributed by atoms with E-state index in [4.69, 9.17) is 10.8 Å². The van der Waals surface area contributed by atoms with Crippen LogP contribution in [0.1, 0.15) is 5.56 Å². The van der Waals surface area contributed by atoms with Gasteiger partial charge in [0.1, 0.15) is 0 Å². The van der Waals surface area contributed by atoms with Crippen LogP contribution in [0.25, 0.3) is 0 Å². The number of carboxylic acids is 1. The number of benzene rings is 1. The molecule has 0 unspecified atom stereocenters. The molecule has 1 aromatic carbocycles. The minimum absolute atomic E-state index is 0.576. The van der Waals surface area contributed by atoms with Gasteiger partial charge in [-0.1, -0.05) is 12.0 Å². The van der Waals surface area contributed by atoms with Crippen LogP contribution in [0.5, 0.6) is 0 Å². The zero-order valence-corrected chi connectivity index (χ0v) is 6.24. The van der Waals surface area contributed by atoms with Crippen LogP contribution in [0.2, 0.25) is 0 Å². The highest BCUT2D eigenvalue weighted by molar-refractivity contribution is 5.87. The first-order valence-electron chi connectivity index (χ1n) is 3.29. The van der Waals surface area contributed by atoms with E-state index in [0.717, 1.165) is 0 Å². The molecular formula is C9H7NO2. The topological polar surface area (TPSA) is 63.3 Å². The Bertz CT molecular complexity index is 360. The zero-order valence-electron chi connectivity index (χ0n) is 6.24. The quantitative estimate of drug-likeness (QED) is 0.435. The number of rotatable bonds is 0. The van der Waals surface area contributed by atoms with Crippen molar-refractivity contribution < 1.29 is 9.90 Å². The van der Waals surface area contributed by atoms with Gasteiger partial charge in [0.05, 0.1) is 0 Å². The maximum Gasteiger partial charge on any atom is 0.382 e. The molecule has 0 amide bonds. The third kappa shape index (κ3) is 2.35. The number of nitrogen functional groups attached to an aromatic ring is 1. The van der Waals surface area contributed by atoms with Crippen LogP contribution in [-0.4, -0.2) is 11.1 Å². The summed E-state index contributed by atoms with van der Waals surface area (Å²) in [6.45, 7) is 0. The second kappa shape index (κ2) is 3.44. The lowest BCUT2D eigenvalue weighted by Crippen LogP contribution is -1.88. The van der Waals surface area contributed by atoms with Crippen LogP contribution < -0.4 is 5.73 Å². The number of aliphatic carboxylic acids is 1. The molecule has 3 heteroatoms. The summed E-state index contributed by atoms with van der Waals surface area (Å²) in [5.74, 6) is 3.31. The van der Waals surface area contributed by atoms with Crippen molar-refractivity contribution >= 4 is 11.7 Å². The first kappa shape index (κ1) is 8.15. The lowest BCUT2D eigenvalue weighted by atomic mass is 10.2. The molecule has 3 nitrogen and oxygen atoms in total. The smallest absolute Gasteiger partial charge is 0.382 e. The number of anilines is 1. The standard InChI is InChI=1S/C9H7NO2/c10-8-3-1-2-7(6-8)4-5-9(11)12/h1-3,6H,10H2,(H,11,12).